The molecule has 4 heterocycles. The third kappa shape index (κ3) is 8.18. The first-order valence-corrected chi connectivity index (χ1v) is 16.2. The Hall–Kier alpha value is -5.95. The number of ether oxygens (including phenoxy) is 3. The van der Waals surface area contributed by atoms with Crippen molar-refractivity contribution in [2.75, 3.05) is 58.6 Å². The Morgan fingerprint density at radius 3 is 2.42 bits per heavy atom. The zero-order valence-corrected chi connectivity index (χ0v) is 28.5. The highest BCUT2D eigenvalue weighted by Gasteiger charge is 2.27. The third-order valence-corrected chi connectivity index (χ3v) is 8.21. The number of carbonyl (C=O) groups excluding carboxylic acids is 2. The number of methoxy groups -OCH3 is 2. The van der Waals surface area contributed by atoms with Crippen LogP contribution in [-0.2, 0) is 11.3 Å². The number of fused-ring (bicyclic) bond motifs is 1. The molecule has 1 aliphatic heterocycles. The summed E-state index contributed by atoms with van der Waals surface area (Å²) in [6, 6.07) is 19.8. The third-order valence-electron chi connectivity index (χ3n) is 8.21. The van der Waals surface area contributed by atoms with E-state index >= 15 is 0 Å². The normalized spacial score (nSPS) is 14.3. The lowest BCUT2D eigenvalue weighted by Gasteiger charge is -2.16. The Morgan fingerprint density at radius 1 is 0.940 bits per heavy atom. The van der Waals surface area contributed by atoms with Crippen LogP contribution in [0.25, 0.3) is 11.0 Å². The molecule has 13 heteroatoms. The van der Waals surface area contributed by atoms with Crippen molar-refractivity contribution in [2.24, 2.45) is 0 Å². The molecule has 1 aliphatic rings. The summed E-state index contributed by atoms with van der Waals surface area (Å²) in [5, 5.41) is 12.0. The number of likely N-dealkylation sites (tertiary alicyclic amines) is 1. The van der Waals surface area contributed by atoms with Crippen LogP contribution in [0, 0.1) is 0 Å². The van der Waals surface area contributed by atoms with Crippen LogP contribution in [0.5, 0.6) is 23.0 Å². The van der Waals surface area contributed by atoms with E-state index in [9.17, 15) is 9.59 Å². The first-order valence-electron chi connectivity index (χ1n) is 16.2. The molecule has 5 aromatic rings. The number of nitrogens with zero attached hydrogens (tertiary/aromatic N) is 6. The number of amides is 2. The Labute approximate surface area is 290 Å². The number of anilines is 2. The maximum absolute atomic E-state index is 12.9. The number of likely N-dealkylation sites (N-methyl/N-ethyl adjacent to an activating group) is 1. The van der Waals surface area contributed by atoms with Gasteiger partial charge in [-0.25, -0.2) is 14.6 Å². The van der Waals surface area contributed by atoms with Gasteiger partial charge in [0.15, 0.2) is 11.5 Å². The first kappa shape index (κ1) is 33.9. The molecule has 3 aromatic heterocycles. The van der Waals surface area contributed by atoms with Gasteiger partial charge >= 0.3 is 0 Å². The quantitative estimate of drug-likeness (QED) is 0.163. The molecule has 0 spiro atoms. The second-order valence-electron chi connectivity index (χ2n) is 12.1. The minimum atomic E-state index is -0.313. The number of hydrogen-bond acceptors (Lipinski definition) is 10. The van der Waals surface area contributed by atoms with Gasteiger partial charge in [0.1, 0.15) is 34.2 Å². The summed E-state index contributed by atoms with van der Waals surface area (Å²) in [6.07, 6.45) is 7.54. The van der Waals surface area contributed by atoms with Crippen molar-refractivity contribution in [2.45, 2.75) is 19.0 Å². The van der Waals surface area contributed by atoms with Crippen LogP contribution >= 0.6 is 0 Å². The fourth-order valence-corrected chi connectivity index (χ4v) is 5.61. The molecule has 2 amide bonds. The molecule has 6 rings (SSSR count). The molecule has 0 unspecified atom stereocenters. The zero-order chi connectivity index (χ0) is 35.0. The molecule has 0 radical (unpaired) electrons. The molecule has 258 valence electrons. The number of hydrogen-bond donors (Lipinski definition) is 2. The van der Waals surface area contributed by atoms with Crippen molar-refractivity contribution < 1.29 is 23.8 Å². The van der Waals surface area contributed by atoms with E-state index in [2.05, 4.69) is 15.6 Å². The monoisotopic (exact) mass is 676 g/mol. The van der Waals surface area contributed by atoms with Crippen LogP contribution in [0.4, 0.5) is 11.6 Å². The Bertz CT molecular complexity index is 1970. The van der Waals surface area contributed by atoms with Gasteiger partial charge in [0.05, 0.1) is 20.8 Å². The average Bonchev–Trinajstić information content (AvgIpc) is 3.74. The van der Waals surface area contributed by atoms with E-state index in [1.54, 1.807) is 75.2 Å². The lowest BCUT2D eigenvalue weighted by atomic mass is 10.2. The van der Waals surface area contributed by atoms with Gasteiger partial charge in [-0.2, -0.15) is 5.10 Å². The second-order valence-corrected chi connectivity index (χ2v) is 12.1. The fourth-order valence-electron chi connectivity index (χ4n) is 5.61. The van der Waals surface area contributed by atoms with Crippen LogP contribution < -0.4 is 24.8 Å². The Morgan fingerprint density at radius 2 is 1.68 bits per heavy atom. The summed E-state index contributed by atoms with van der Waals surface area (Å²) in [5.74, 6) is 3.12. The molecular weight excluding hydrogens is 636 g/mol. The molecule has 1 fully saturated rings. The molecule has 0 bridgehead atoms. The highest BCUT2D eigenvalue weighted by atomic mass is 16.5. The number of pyridine rings is 2. The van der Waals surface area contributed by atoms with Crippen molar-refractivity contribution >= 4 is 34.5 Å². The van der Waals surface area contributed by atoms with Crippen molar-refractivity contribution in [3.8, 4) is 23.0 Å². The van der Waals surface area contributed by atoms with E-state index in [4.69, 9.17) is 24.3 Å². The number of carbonyl (C=O) groups is 2. The van der Waals surface area contributed by atoms with Gasteiger partial charge < -0.3 is 34.6 Å². The Kier molecular flexibility index (Phi) is 10.5. The highest BCUT2D eigenvalue weighted by molar-refractivity contribution is 6.04. The van der Waals surface area contributed by atoms with Crippen LogP contribution in [-0.4, -0.2) is 95.4 Å². The van der Waals surface area contributed by atoms with Crippen LogP contribution in [0.3, 0.4) is 0 Å². The van der Waals surface area contributed by atoms with E-state index in [1.807, 2.05) is 58.9 Å². The lowest BCUT2D eigenvalue weighted by molar-refractivity contribution is -0.125. The van der Waals surface area contributed by atoms with Crippen LogP contribution in [0.2, 0.25) is 0 Å². The summed E-state index contributed by atoms with van der Waals surface area (Å²) in [5.41, 5.74) is 2.10. The molecule has 50 heavy (non-hydrogen) atoms. The molecule has 13 nitrogen and oxygen atoms in total. The van der Waals surface area contributed by atoms with E-state index in [1.165, 1.54) is 0 Å². The number of benzene rings is 2. The zero-order valence-electron chi connectivity index (χ0n) is 28.5. The van der Waals surface area contributed by atoms with Crippen LogP contribution in [0.15, 0.2) is 91.3 Å². The molecule has 1 atom stereocenters. The van der Waals surface area contributed by atoms with E-state index in [0.29, 0.717) is 71.7 Å². The first-order chi connectivity index (χ1) is 24.3. The van der Waals surface area contributed by atoms with Gasteiger partial charge in [-0.15, -0.1) is 0 Å². The molecule has 0 saturated carbocycles. The van der Waals surface area contributed by atoms with Gasteiger partial charge in [0.25, 0.3) is 5.91 Å². The van der Waals surface area contributed by atoms with E-state index in [0.717, 1.165) is 17.7 Å². The van der Waals surface area contributed by atoms with Gasteiger partial charge in [0.2, 0.25) is 5.91 Å². The maximum atomic E-state index is 12.9. The lowest BCUT2D eigenvalue weighted by Crippen LogP contribution is -2.30. The van der Waals surface area contributed by atoms with Crippen molar-refractivity contribution in [3.63, 3.8) is 0 Å². The van der Waals surface area contributed by atoms with Crippen molar-refractivity contribution in [3.05, 3.63) is 102 Å². The molecule has 1 saturated heterocycles. The minimum Gasteiger partial charge on any atom is -0.497 e. The van der Waals surface area contributed by atoms with Gasteiger partial charge in [-0.1, -0.05) is 18.2 Å². The van der Waals surface area contributed by atoms with Crippen molar-refractivity contribution in [1.82, 2.24) is 29.5 Å². The molecule has 2 aromatic carbocycles. The Balaban J connectivity index is 1.24. The molecule has 0 aliphatic carbocycles. The summed E-state index contributed by atoms with van der Waals surface area (Å²) in [4.78, 5) is 38.5. The number of nitrogens with one attached hydrogen (secondary N) is 2. The van der Waals surface area contributed by atoms with Gasteiger partial charge in [-0.3, -0.25) is 9.59 Å². The van der Waals surface area contributed by atoms with Crippen LogP contribution in [0.1, 0.15) is 22.3 Å². The topological polar surface area (TPSA) is 136 Å². The van der Waals surface area contributed by atoms with Gasteiger partial charge in [0, 0.05) is 61.8 Å². The standard InChI is InChI=1S/C37H40N8O5/c1-43(2)20-5-6-33(46)44-21-17-27(24-44)40-35-34-31(16-19-39-36(34)45(42-35)23-25-7-11-28(48-3)12-8-25)50-29-13-9-26(10-14-29)37(47)41-32-22-30(49-4)15-18-38-32/h5-16,18-19,22,27H,17,20-21,23-24H2,1-4H3,(H,40,42)(H,38,41,47)/b6-5+/t27-/m1/s1. The molecular formula is C37H40N8O5. The average molecular weight is 677 g/mol. The summed E-state index contributed by atoms with van der Waals surface area (Å²) in [6.45, 7) is 2.36. The fraction of sp³-hybridized carbons (Fsp3) is 0.270. The largest absolute Gasteiger partial charge is 0.497 e. The van der Waals surface area contributed by atoms with Gasteiger partial charge in [-0.05, 0) is 68.5 Å². The predicted molar refractivity (Wildman–Crippen MR) is 191 cm³/mol. The number of aromatic nitrogens is 4. The highest BCUT2D eigenvalue weighted by Crippen LogP contribution is 2.35. The molecule has 2 N–H and O–H groups in total. The summed E-state index contributed by atoms with van der Waals surface area (Å²) >= 11 is 0. The minimum absolute atomic E-state index is 0.00591. The second kappa shape index (κ2) is 15.5. The summed E-state index contributed by atoms with van der Waals surface area (Å²) < 4.78 is 18.8. The van der Waals surface area contributed by atoms with E-state index in [-0.39, 0.29) is 17.9 Å². The maximum Gasteiger partial charge on any atom is 0.256 e. The summed E-state index contributed by atoms with van der Waals surface area (Å²) in [7, 11) is 7.12. The predicted octanol–water partition coefficient (Wildman–Crippen LogP) is 5.07. The van der Waals surface area contributed by atoms with Crippen molar-refractivity contribution in [1.29, 1.82) is 0 Å². The van der Waals surface area contributed by atoms with E-state index < -0.39 is 0 Å². The SMILES string of the molecule is COc1ccc(Cn2nc(N[C@@H]3CCN(C(=O)/C=C/CN(C)C)C3)c3c(Oc4ccc(C(=O)Nc5cc(OC)ccn5)cc4)ccnc32)cc1. The number of rotatable bonds is 13. The smallest absolute Gasteiger partial charge is 0.256 e.